The molecule has 1 unspecified atom stereocenters. The Morgan fingerprint density at radius 2 is 1.88 bits per heavy atom. The SMILES string of the molecule is O=C(CN1CCC(C2OCCO2)CC1)N1N=C(c2cc3ccccc3o2)CC1c1ccco1. The smallest absolute Gasteiger partial charge is 0.257 e. The van der Waals surface area contributed by atoms with E-state index in [-0.39, 0.29) is 18.2 Å². The normalized spacial score (nSPS) is 23.0. The molecule has 0 N–H and O–H groups in total. The summed E-state index contributed by atoms with van der Waals surface area (Å²) in [5, 5.41) is 7.32. The number of carbonyl (C=O) groups excluding carboxylic acids is 1. The molecule has 0 spiro atoms. The van der Waals surface area contributed by atoms with Gasteiger partial charge in [0.05, 0.1) is 26.0 Å². The second-order valence-corrected chi connectivity index (χ2v) is 8.89. The molecule has 3 aliphatic heterocycles. The molecule has 172 valence electrons. The summed E-state index contributed by atoms with van der Waals surface area (Å²) >= 11 is 0. The summed E-state index contributed by atoms with van der Waals surface area (Å²) in [6.07, 6.45) is 4.04. The number of hydrogen-bond acceptors (Lipinski definition) is 7. The van der Waals surface area contributed by atoms with E-state index in [2.05, 4.69) is 4.90 Å². The minimum atomic E-state index is -0.270. The zero-order valence-electron chi connectivity index (χ0n) is 18.4. The fraction of sp³-hybridized carbons (Fsp3) is 0.440. The van der Waals surface area contributed by atoms with Crippen molar-refractivity contribution < 1.29 is 23.1 Å². The van der Waals surface area contributed by atoms with Gasteiger partial charge in [0.15, 0.2) is 12.1 Å². The van der Waals surface area contributed by atoms with Crippen molar-refractivity contribution in [3.8, 4) is 0 Å². The first-order chi connectivity index (χ1) is 16.2. The van der Waals surface area contributed by atoms with Gasteiger partial charge in [0.25, 0.3) is 5.91 Å². The molecule has 1 amide bonds. The number of ether oxygens (including phenoxy) is 2. The van der Waals surface area contributed by atoms with Crippen LogP contribution in [0.1, 0.15) is 36.8 Å². The van der Waals surface area contributed by atoms with Crippen molar-refractivity contribution in [3.63, 3.8) is 0 Å². The molecule has 0 bridgehead atoms. The number of furan rings is 2. The summed E-state index contributed by atoms with van der Waals surface area (Å²) in [7, 11) is 0. The van der Waals surface area contributed by atoms with Crippen LogP contribution in [0.2, 0.25) is 0 Å². The number of hydrogen-bond donors (Lipinski definition) is 0. The largest absolute Gasteiger partial charge is 0.467 e. The van der Waals surface area contributed by atoms with Crippen molar-refractivity contribution >= 4 is 22.6 Å². The summed E-state index contributed by atoms with van der Waals surface area (Å²) in [5.41, 5.74) is 1.57. The van der Waals surface area contributed by atoms with Gasteiger partial charge in [-0.3, -0.25) is 9.69 Å². The van der Waals surface area contributed by atoms with Crippen LogP contribution in [0.25, 0.3) is 11.0 Å². The summed E-state index contributed by atoms with van der Waals surface area (Å²) in [6.45, 7) is 3.38. The van der Waals surface area contributed by atoms with Gasteiger partial charge in [-0.25, -0.2) is 5.01 Å². The maximum atomic E-state index is 13.4. The first-order valence-corrected chi connectivity index (χ1v) is 11.6. The molecule has 0 saturated carbocycles. The highest BCUT2D eigenvalue weighted by molar-refractivity contribution is 6.03. The second-order valence-electron chi connectivity index (χ2n) is 8.89. The Kier molecular flexibility index (Phi) is 5.49. The van der Waals surface area contributed by atoms with Crippen LogP contribution >= 0.6 is 0 Å². The Morgan fingerprint density at radius 1 is 1.06 bits per heavy atom. The molecule has 5 heterocycles. The van der Waals surface area contributed by atoms with E-state index < -0.39 is 0 Å². The van der Waals surface area contributed by atoms with E-state index in [0.717, 1.165) is 48.4 Å². The molecular weight excluding hydrogens is 422 g/mol. The molecule has 3 aromatic rings. The van der Waals surface area contributed by atoms with Gasteiger partial charge >= 0.3 is 0 Å². The average molecular weight is 450 g/mol. The van der Waals surface area contributed by atoms with Gasteiger partial charge in [-0.2, -0.15) is 5.10 Å². The molecule has 2 saturated heterocycles. The van der Waals surface area contributed by atoms with Gasteiger partial charge in [-0.15, -0.1) is 0 Å². The molecule has 3 aliphatic rings. The fourth-order valence-corrected chi connectivity index (χ4v) is 5.01. The number of fused-ring (bicyclic) bond motifs is 1. The topological polar surface area (TPSA) is 80.7 Å². The molecule has 1 atom stereocenters. The first kappa shape index (κ1) is 20.7. The highest BCUT2D eigenvalue weighted by Gasteiger charge is 2.37. The third-order valence-corrected chi connectivity index (χ3v) is 6.77. The van der Waals surface area contributed by atoms with Gasteiger partial charge in [-0.1, -0.05) is 18.2 Å². The molecule has 2 fully saturated rings. The molecule has 2 aromatic heterocycles. The lowest BCUT2D eigenvalue weighted by Crippen LogP contribution is -2.43. The number of rotatable bonds is 5. The minimum Gasteiger partial charge on any atom is -0.467 e. The zero-order valence-corrected chi connectivity index (χ0v) is 18.4. The van der Waals surface area contributed by atoms with Gasteiger partial charge in [0, 0.05) is 17.7 Å². The van der Waals surface area contributed by atoms with E-state index >= 15 is 0 Å². The number of para-hydroxylation sites is 1. The van der Waals surface area contributed by atoms with E-state index in [1.165, 1.54) is 0 Å². The highest BCUT2D eigenvalue weighted by Crippen LogP contribution is 2.35. The predicted molar refractivity (Wildman–Crippen MR) is 121 cm³/mol. The standard InChI is InChI=1S/C25H27N3O5/c29-24(16-27-9-7-17(8-10-27)25-31-12-13-32-25)28-20(22-6-3-11-30-22)15-19(26-28)23-14-18-4-1-2-5-21(18)33-23/h1-6,11,14,17,20,25H,7-10,12-13,15-16H2. The first-order valence-electron chi connectivity index (χ1n) is 11.6. The van der Waals surface area contributed by atoms with Crippen molar-refractivity contribution in [2.45, 2.75) is 31.6 Å². The number of piperidine rings is 1. The lowest BCUT2D eigenvalue weighted by atomic mass is 9.96. The second kappa shape index (κ2) is 8.78. The van der Waals surface area contributed by atoms with Crippen LogP contribution in [0.4, 0.5) is 0 Å². The number of nitrogens with zero attached hydrogens (tertiary/aromatic N) is 3. The molecule has 1 aromatic carbocycles. The minimum absolute atomic E-state index is 0.0330. The number of likely N-dealkylation sites (tertiary alicyclic amines) is 1. The van der Waals surface area contributed by atoms with Gasteiger partial charge in [0.1, 0.15) is 23.1 Å². The zero-order chi connectivity index (χ0) is 22.2. The molecule has 33 heavy (non-hydrogen) atoms. The van der Waals surface area contributed by atoms with Crippen LogP contribution in [0.15, 0.2) is 62.7 Å². The van der Waals surface area contributed by atoms with Crippen LogP contribution in [0.3, 0.4) is 0 Å². The van der Waals surface area contributed by atoms with Crippen molar-refractivity contribution in [3.05, 3.63) is 60.2 Å². The van der Waals surface area contributed by atoms with Gasteiger partial charge in [0.2, 0.25) is 0 Å². The maximum absolute atomic E-state index is 13.4. The van der Waals surface area contributed by atoms with Crippen LogP contribution < -0.4 is 0 Å². The van der Waals surface area contributed by atoms with E-state index in [4.69, 9.17) is 23.4 Å². The third-order valence-electron chi connectivity index (χ3n) is 6.77. The Morgan fingerprint density at radius 3 is 2.64 bits per heavy atom. The number of amides is 1. The van der Waals surface area contributed by atoms with Gasteiger partial charge in [-0.05, 0) is 50.2 Å². The summed E-state index contributed by atoms with van der Waals surface area (Å²) in [5.74, 6) is 1.79. The molecule has 0 radical (unpaired) electrons. The fourth-order valence-electron chi connectivity index (χ4n) is 5.01. The van der Waals surface area contributed by atoms with E-state index in [9.17, 15) is 4.79 Å². The molecule has 0 aliphatic carbocycles. The lowest BCUT2D eigenvalue weighted by Gasteiger charge is -2.34. The summed E-state index contributed by atoms with van der Waals surface area (Å²) in [6, 6.07) is 13.3. The van der Waals surface area contributed by atoms with Crippen LogP contribution in [-0.4, -0.2) is 60.7 Å². The Balaban J connectivity index is 1.18. The summed E-state index contributed by atoms with van der Waals surface area (Å²) in [4.78, 5) is 15.6. The van der Waals surface area contributed by atoms with E-state index in [1.807, 2.05) is 42.5 Å². The number of carbonyl (C=O) groups is 1. The van der Waals surface area contributed by atoms with Gasteiger partial charge < -0.3 is 18.3 Å². The third kappa shape index (κ3) is 4.10. The van der Waals surface area contributed by atoms with E-state index in [1.54, 1.807) is 11.3 Å². The van der Waals surface area contributed by atoms with Crippen molar-refractivity contribution in [2.24, 2.45) is 11.0 Å². The van der Waals surface area contributed by atoms with Crippen LogP contribution in [0, 0.1) is 5.92 Å². The monoisotopic (exact) mass is 449 g/mol. The van der Waals surface area contributed by atoms with Crippen molar-refractivity contribution in [1.29, 1.82) is 0 Å². The Bertz CT molecular complexity index is 1110. The quantitative estimate of drug-likeness (QED) is 0.590. The predicted octanol–water partition coefficient (Wildman–Crippen LogP) is 3.79. The number of benzene rings is 1. The van der Waals surface area contributed by atoms with E-state index in [0.29, 0.717) is 37.9 Å². The molecule has 6 rings (SSSR count). The van der Waals surface area contributed by atoms with Crippen molar-refractivity contribution in [2.75, 3.05) is 32.8 Å². The Labute approximate surface area is 191 Å². The maximum Gasteiger partial charge on any atom is 0.257 e. The highest BCUT2D eigenvalue weighted by atomic mass is 16.7. The van der Waals surface area contributed by atoms with Crippen LogP contribution in [-0.2, 0) is 14.3 Å². The average Bonchev–Trinajstić information content (AvgIpc) is 3.64. The molecule has 8 nitrogen and oxygen atoms in total. The molecule has 8 heteroatoms. The Hall–Kier alpha value is -2.94. The lowest BCUT2D eigenvalue weighted by molar-refractivity contribution is -0.136. The van der Waals surface area contributed by atoms with Crippen molar-refractivity contribution in [1.82, 2.24) is 9.91 Å². The molecular formula is C25H27N3O5. The summed E-state index contributed by atoms with van der Waals surface area (Å²) < 4.78 is 23.0. The number of hydrazone groups is 1. The van der Waals surface area contributed by atoms with Crippen LogP contribution in [0.5, 0.6) is 0 Å².